The Morgan fingerprint density at radius 1 is 0.885 bits per heavy atom. The second-order valence-corrected chi connectivity index (χ2v) is 7.53. The van der Waals surface area contributed by atoms with E-state index in [2.05, 4.69) is 0 Å². The third kappa shape index (κ3) is 3.28. The van der Waals surface area contributed by atoms with Crippen molar-refractivity contribution in [2.24, 2.45) is 0 Å². The highest BCUT2D eigenvalue weighted by Crippen LogP contribution is 2.47. The van der Waals surface area contributed by atoms with Crippen molar-refractivity contribution in [3.05, 3.63) is 76.8 Å². The first-order valence-electron chi connectivity index (χ1n) is 7.90. The molecule has 130 valence electrons. The minimum absolute atomic E-state index is 0.106. The number of para-hydroxylation sites is 2. The topological polar surface area (TPSA) is 29.5 Å². The van der Waals surface area contributed by atoms with Gasteiger partial charge in [0.25, 0.3) is 5.91 Å². The minimum Gasteiger partial charge on any atom is -0.484 e. The maximum absolute atomic E-state index is 13.0. The van der Waals surface area contributed by atoms with Crippen LogP contribution in [0.3, 0.4) is 0 Å². The molecule has 0 aliphatic carbocycles. The summed E-state index contributed by atoms with van der Waals surface area (Å²) in [6, 6.07) is 20.6. The van der Waals surface area contributed by atoms with Crippen LogP contribution in [0.4, 0.5) is 11.4 Å². The van der Waals surface area contributed by atoms with Gasteiger partial charge < -0.3 is 4.74 Å². The molecule has 0 aromatic heterocycles. The Kier molecular flexibility index (Phi) is 4.81. The predicted octanol–water partition coefficient (Wildman–Crippen LogP) is 6.20. The number of nitrogens with zero attached hydrogens (tertiary/aromatic N) is 1. The number of halogens is 2. The Labute approximate surface area is 165 Å². The fraction of sp³-hybridized carbons (Fsp3) is 0.0500. The molecule has 0 atom stereocenters. The zero-order valence-electron chi connectivity index (χ0n) is 13.5. The number of hydrogen-bond donors (Lipinski definition) is 0. The van der Waals surface area contributed by atoms with E-state index < -0.39 is 0 Å². The summed E-state index contributed by atoms with van der Waals surface area (Å²) in [6.07, 6.45) is 0. The average Bonchev–Trinajstić information content (AvgIpc) is 2.66. The van der Waals surface area contributed by atoms with Crippen LogP contribution in [-0.4, -0.2) is 12.5 Å². The second-order valence-electron chi connectivity index (χ2n) is 5.63. The van der Waals surface area contributed by atoms with Crippen LogP contribution in [0, 0.1) is 0 Å². The van der Waals surface area contributed by atoms with Crippen molar-refractivity contribution >= 4 is 52.2 Å². The van der Waals surface area contributed by atoms with Gasteiger partial charge in [-0.1, -0.05) is 59.2 Å². The Morgan fingerprint density at radius 3 is 2.12 bits per heavy atom. The number of amides is 1. The van der Waals surface area contributed by atoms with Gasteiger partial charge in [-0.3, -0.25) is 9.69 Å². The Morgan fingerprint density at radius 2 is 1.50 bits per heavy atom. The Balaban J connectivity index is 1.62. The summed E-state index contributed by atoms with van der Waals surface area (Å²) in [6.45, 7) is -0.106. The molecule has 3 nitrogen and oxygen atoms in total. The molecule has 1 heterocycles. The van der Waals surface area contributed by atoms with Crippen LogP contribution in [0.15, 0.2) is 76.5 Å². The standard InChI is InChI=1S/C20H13Cl2NO2S/c21-14-10-9-13(11-15(14)22)25-12-20(24)23-16-5-1-3-7-18(16)26-19-8-4-2-6-17(19)23/h1-11H,12H2. The van der Waals surface area contributed by atoms with Crippen LogP contribution in [-0.2, 0) is 4.79 Å². The monoisotopic (exact) mass is 401 g/mol. The summed E-state index contributed by atoms with van der Waals surface area (Å²) in [7, 11) is 0. The van der Waals surface area contributed by atoms with Gasteiger partial charge in [-0.2, -0.15) is 0 Å². The van der Waals surface area contributed by atoms with E-state index in [1.54, 1.807) is 34.9 Å². The Bertz CT molecular complexity index is 948. The van der Waals surface area contributed by atoms with E-state index in [0.717, 1.165) is 21.2 Å². The van der Waals surface area contributed by atoms with Gasteiger partial charge in [0.15, 0.2) is 6.61 Å². The lowest BCUT2D eigenvalue weighted by atomic mass is 10.2. The second kappa shape index (κ2) is 7.23. The molecule has 3 aromatic carbocycles. The van der Waals surface area contributed by atoms with Crippen molar-refractivity contribution < 1.29 is 9.53 Å². The van der Waals surface area contributed by atoms with E-state index in [1.807, 2.05) is 48.5 Å². The first kappa shape index (κ1) is 17.3. The molecule has 4 rings (SSSR count). The summed E-state index contributed by atoms with van der Waals surface area (Å²) in [5, 5.41) is 0.836. The highest BCUT2D eigenvalue weighted by atomic mass is 35.5. The summed E-state index contributed by atoms with van der Waals surface area (Å²) in [4.78, 5) is 16.8. The van der Waals surface area contributed by atoms with E-state index in [9.17, 15) is 4.79 Å². The smallest absolute Gasteiger partial charge is 0.269 e. The van der Waals surface area contributed by atoms with Crippen molar-refractivity contribution in [2.75, 3.05) is 11.5 Å². The van der Waals surface area contributed by atoms with E-state index in [0.29, 0.717) is 15.8 Å². The Hall–Kier alpha value is -2.14. The molecule has 6 heteroatoms. The molecule has 1 aliphatic heterocycles. The molecule has 0 N–H and O–H groups in total. The van der Waals surface area contributed by atoms with Crippen molar-refractivity contribution in [3.63, 3.8) is 0 Å². The number of anilines is 2. The summed E-state index contributed by atoms with van der Waals surface area (Å²) >= 11 is 13.6. The summed E-state index contributed by atoms with van der Waals surface area (Å²) in [5.74, 6) is 0.344. The van der Waals surface area contributed by atoms with Gasteiger partial charge in [-0.05, 0) is 36.4 Å². The van der Waals surface area contributed by atoms with Crippen LogP contribution in [0.1, 0.15) is 0 Å². The third-order valence-electron chi connectivity index (χ3n) is 3.94. The number of ether oxygens (including phenoxy) is 1. The fourth-order valence-corrected chi connectivity index (χ4v) is 4.10. The van der Waals surface area contributed by atoms with E-state index in [1.165, 1.54) is 0 Å². The minimum atomic E-state index is -0.156. The summed E-state index contributed by atoms with van der Waals surface area (Å²) in [5.41, 5.74) is 1.72. The van der Waals surface area contributed by atoms with Gasteiger partial charge in [0.05, 0.1) is 21.4 Å². The van der Waals surface area contributed by atoms with E-state index in [-0.39, 0.29) is 12.5 Å². The van der Waals surface area contributed by atoms with Crippen LogP contribution in [0.5, 0.6) is 5.75 Å². The van der Waals surface area contributed by atoms with Crippen molar-refractivity contribution in [3.8, 4) is 5.75 Å². The zero-order chi connectivity index (χ0) is 18.1. The third-order valence-corrected chi connectivity index (χ3v) is 5.80. The molecule has 0 radical (unpaired) electrons. The molecular formula is C20H13Cl2NO2S. The van der Waals surface area contributed by atoms with Gasteiger partial charge in [-0.25, -0.2) is 0 Å². The van der Waals surface area contributed by atoms with Crippen molar-refractivity contribution in [1.29, 1.82) is 0 Å². The van der Waals surface area contributed by atoms with Gasteiger partial charge in [0.1, 0.15) is 5.75 Å². The number of benzene rings is 3. The molecular weight excluding hydrogens is 389 g/mol. The first-order valence-corrected chi connectivity index (χ1v) is 9.47. The predicted molar refractivity (Wildman–Crippen MR) is 106 cm³/mol. The number of hydrogen-bond acceptors (Lipinski definition) is 3. The molecule has 0 spiro atoms. The molecule has 1 aliphatic rings. The quantitative estimate of drug-likeness (QED) is 0.522. The molecule has 3 aromatic rings. The maximum atomic E-state index is 13.0. The summed E-state index contributed by atoms with van der Waals surface area (Å²) < 4.78 is 5.65. The lowest BCUT2D eigenvalue weighted by Gasteiger charge is -2.30. The number of carbonyl (C=O) groups is 1. The van der Waals surface area contributed by atoms with E-state index in [4.69, 9.17) is 27.9 Å². The van der Waals surface area contributed by atoms with Crippen molar-refractivity contribution in [1.82, 2.24) is 0 Å². The van der Waals surface area contributed by atoms with E-state index >= 15 is 0 Å². The number of fused-ring (bicyclic) bond motifs is 2. The molecule has 0 bridgehead atoms. The van der Waals surface area contributed by atoms with Gasteiger partial charge in [0.2, 0.25) is 0 Å². The first-order chi connectivity index (χ1) is 12.6. The molecule has 0 unspecified atom stereocenters. The van der Waals surface area contributed by atoms with Crippen molar-refractivity contribution in [2.45, 2.75) is 9.79 Å². The maximum Gasteiger partial charge on any atom is 0.269 e. The van der Waals surface area contributed by atoms with Crippen LogP contribution in [0.25, 0.3) is 0 Å². The fourth-order valence-electron chi connectivity index (χ4n) is 2.75. The SMILES string of the molecule is O=C(COc1ccc(Cl)c(Cl)c1)N1c2ccccc2Sc2ccccc21. The number of carbonyl (C=O) groups excluding carboxylic acids is 1. The lowest BCUT2D eigenvalue weighted by Crippen LogP contribution is -2.32. The van der Waals surface area contributed by atoms with Crippen LogP contribution >= 0.6 is 35.0 Å². The molecule has 0 fully saturated rings. The van der Waals surface area contributed by atoms with Crippen LogP contribution < -0.4 is 9.64 Å². The molecule has 0 saturated heterocycles. The molecule has 0 saturated carbocycles. The van der Waals surface area contributed by atoms with Gasteiger partial charge in [0, 0.05) is 15.9 Å². The lowest BCUT2D eigenvalue weighted by molar-refractivity contribution is -0.119. The largest absolute Gasteiger partial charge is 0.484 e. The molecule has 26 heavy (non-hydrogen) atoms. The van der Waals surface area contributed by atoms with Gasteiger partial charge >= 0.3 is 0 Å². The highest BCUT2D eigenvalue weighted by molar-refractivity contribution is 7.99. The number of rotatable bonds is 3. The normalized spacial score (nSPS) is 12.3. The van der Waals surface area contributed by atoms with Gasteiger partial charge in [-0.15, -0.1) is 0 Å². The average molecular weight is 402 g/mol. The van der Waals surface area contributed by atoms with Crippen LogP contribution in [0.2, 0.25) is 10.0 Å². The zero-order valence-corrected chi connectivity index (χ0v) is 15.8. The highest BCUT2D eigenvalue weighted by Gasteiger charge is 2.28. The molecule has 1 amide bonds.